The standard InChI is InChI=1S/C13H18N2O3/c1-3-4-11(14)12(16)15-9-5-6-10(13(17)18)8(2)7-9/h5-7,11H,3-4,14H2,1-2H3,(H,15,16)(H,17,18)/t11-/m0/s1. The highest BCUT2D eigenvalue weighted by molar-refractivity contribution is 5.96. The number of nitrogens with one attached hydrogen (secondary N) is 1. The van der Waals surface area contributed by atoms with E-state index >= 15 is 0 Å². The number of nitrogens with two attached hydrogens (primary N) is 1. The number of carbonyl (C=O) groups excluding carboxylic acids is 1. The van der Waals surface area contributed by atoms with Crippen molar-refractivity contribution < 1.29 is 14.7 Å². The van der Waals surface area contributed by atoms with E-state index in [-0.39, 0.29) is 11.5 Å². The third-order valence-corrected chi connectivity index (χ3v) is 2.66. The van der Waals surface area contributed by atoms with E-state index in [1.54, 1.807) is 19.1 Å². The number of amides is 1. The van der Waals surface area contributed by atoms with Crippen LogP contribution in [0.15, 0.2) is 18.2 Å². The first-order chi connectivity index (χ1) is 8.45. The van der Waals surface area contributed by atoms with E-state index in [9.17, 15) is 9.59 Å². The monoisotopic (exact) mass is 250 g/mol. The number of benzene rings is 1. The van der Waals surface area contributed by atoms with Crippen molar-refractivity contribution in [2.45, 2.75) is 32.7 Å². The van der Waals surface area contributed by atoms with Crippen molar-refractivity contribution in [1.82, 2.24) is 0 Å². The Labute approximate surface area is 106 Å². The predicted octanol–water partition coefficient (Wildman–Crippen LogP) is 1.76. The molecule has 5 heteroatoms. The highest BCUT2D eigenvalue weighted by Gasteiger charge is 2.13. The summed E-state index contributed by atoms with van der Waals surface area (Å²) in [6.07, 6.45) is 1.46. The average molecular weight is 250 g/mol. The van der Waals surface area contributed by atoms with Gasteiger partial charge in [-0.1, -0.05) is 13.3 Å². The largest absolute Gasteiger partial charge is 0.478 e. The molecule has 1 atom stereocenters. The van der Waals surface area contributed by atoms with E-state index in [2.05, 4.69) is 5.32 Å². The normalized spacial score (nSPS) is 11.9. The van der Waals surface area contributed by atoms with E-state index in [1.165, 1.54) is 6.07 Å². The minimum absolute atomic E-state index is 0.228. The number of hydrogen-bond donors (Lipinski definition) is 3. The van der Waals surface area contributed by atoms with Gasteiger partial charge in [0.1, 0.15) is 0 Å². The minimum Gasteiger partial charge on any atom is -0.478 e. The van der Waals surface area contributed by atoms with Gasteiger partial charge in [-0.3, -0.25) is 4.79 Å². The number of carboxylic acids is 1. The van der Waals surface area contributed by atoms with Crippen LogP contribution in [-0.2, 0) is 4.79 Å². The molecule has 1 rings (SSSR count). The summed E-state index contributed by atoms with van der Waals surface area (Å²) in [7, 11) is 0. The summed E-state index contributed by atoms with van der Waals surface area (Å²) < 4.78 is 0. The lowest BCUT2D eigenvalue weighted by atomic mass is 10.1. The summed E-state index contributed by atoms with van der Waals surface area (Å²) in [4.78, 5) is 22.5. The summed E-state index contributed by atoms with van der Waals surface area (Å²) in [6, 6.07) is 4.13. The SMILES string of the molecule is CCC[C@H](N)C(=O)Nc1ccc(C(=O)O)c(C)c1. The maximum Gasteiger partial charge on any atom is 0.335 e. The van der Waals surface area contributed by atoms with Gasteiger partial charge in [-0.2, -0.15) is 0 Å². The Kier molecular flexibility index (Phi) is 4.85. The fourth-order valence-corrected chi connectivity index (χ4v) is 1.66. The Morgan fingerprint density at radius 2 is 2.11 bits per heavy atom. The van der Waals surface area contributed by atoms with Crippen molar-refractivity contribution in [3.63, 3.8) is 0 Å². The number of aromatic carboxylic acids is 1. The molecule has 0 heterocycles. The number of carboxylic acid groups (broad SMARTS) is 1. The molecule has 5 nitrogen and oxygen atoms in total. The highest BCUT2D eigenvalue weighted by atomic mass is 16.4. The van der Waals surface area contributed by atoms with Gasteiger partial charge in [0.25, 0.3) is 0 Å². The fourth-order valence-electron chi connectivity index (χ4n) is 1.66. The smallest absolute Gasteiger partial charge is 0.335 e. The minimum atomic E-state index is -0.979. The van der Waals surface area contributed by atoms with Gasteiger partial charge in [-0.25, -0.2) is 4.79 Å². The Morgan fingerprint density at radius 3 is 2.61 bits per heavy atom. The predicted molar refractivity (Wildman–Crippen MR) is 69.7 cm³/mol. The van der Waals surface area contributed by atoms with Crippen LogP contribution in [0.1, 0.15) is 35.7 Å². The van der Waals surface area contributed by atoms with E-state index in [1.807, 2.05) is 6.92 Å². The quantitative estimate of drug-likeness (QED) is 0.742. The van der Waals surface area contributed by atoms with E-state index in [0.717, 1.165) is 6.42 Å². The molecule has 0 spiro atoms. The number of hydrogen-bond acceptors (Lipinski definition) is 3. The zero-order valence-corrected chi connectivity index (χ0v) is 10.6. The molecule has 4 N–H and O–H groups in total. The van der Waals surface area contributed by atoms with Gasteiger partial charge >= 0.3 is 5.97 Å². The van der Waals surface area contributed by atoms with E-state index in [0.29, 0.717) is 17.7 Å². The topological polar surface area (TPSA) is 92.4 Å². The molecular formula is C13H18N2O3. The lowest BCUT2D eigenvalue weighted by Crippen LogP contribution is -2.35. The van der Waals surface area contributed by atoms with E-state index in [4.69, 9.17) is 10.8 Å². The van der Waals surface area contributed by atoms with Gasteiger partial charge in [-0.15, -0.1) is 0 Å². The van der Waals surface area contributed by atoms with Crippen molar-refractivity contribution in [2.75, 3.05) is 5.32 Å². The summed E-state index contributed by atoms with van der Waals surface area (Å²) >= 11 is 0. The number of aryl methyl sites for hydroxylation is 1. The number of carbonyl (C=O) groups is 2. The van der Waals surface area contributed by atoms with Crippen LogP contribution >= 0.6 is 0 Å². The third kappa shape index (κ3) is 3.56. The van der Waals surface area contributed by atoms with Crippen LogP contribution in [0.2, 0.25) is 0 Å². The summed E-state index contributed by atoms with van der Waals surface area (Å²) in [5, 5.41) is 11.6. The first-order valence-electron chi connectivity index (χ1n) is 5.86. The van der Waals surface area contributed by atoms with Crippen molar-refractivity contribution in [3.8, 4) is 0 Å². The van der Waals surface area contributed by atoms with Crippen LogP contribution in [0.25, 0.3) is 0 Å². The molecule has 1 amide bonds. The molecule has 0 saturated heterocycles. The fraction of sp³-hybridized carbons (Fsp3) is 0.385. The molecule has 0 aliphatic heterocycles. The summed E-state index contributed by atoms with van der Waals surface area (Å²) in [5.41, 5.74) is 7.08. The zero-order chi connectivity index (χ0) is 13.7. The first-order valence-corrected chi connectivity index (χ1v) is 5.86. The molecular weight excluding hydrogens is 232 g/mol. The van der Waals surface area contributed by atoms with Crippen molar-refractivity contribution in [1.29, 1.82) is 0 Å². The van der Waals surface area contributed by atoms with Gasteiger partial charge in [0.15, 0.2) is 0 Å². The summed E-state index contributed by atoms with van der Waals surface area (Å²) in [6.45, 7) is 3.64. The molecule has 0 radical (unpaired) electrons. The molecule has 0 bridgehead atoms. The Morgan fingerprint density at radius 1 is 1.44 bits per heavy atom. The second-order valence-electron chi connectivity index (χ2n) is 4.22. The molecule has 0 unspecified atom stereocenters. The van der Waals surface area contributed by atoms with Crippen molar-refractivity contribution in [3.05, 3.63) is 29.3 Å². The van der Waals surface area contributed by atoms with E-state index < -0.39 is 12.0 Å². The van der Waals surface area contributed by atoms with Crippen LogP contribution in [-0.4, -0.2) is 23.0 Å². The van der Waals surface area contributed by atoms with Crippen LogP contribution < -0.4 is 11.1 Å². The molecule has 0 fully saturated rings. The summed E-state index contributed by atoms with van der Waals surface area (Å²) in [5.74, 6) is -1.23. The molecule has 0 saturated carbocycles. The molecule has 18 heavy (non-hydrogen) atoms. The van der Waals surface area contributed by atoms with Gasteiger partial charge in [-0.05, 0) is 37.1 Å². The Hall–Kier alpha value is -1.88. The molecule has 0 aliphatic carbocycles. The third-order valence-electron chi connectivity index (χ3n) is 2.66. The molecule has 0 aromatic heterocycles. The first kappa shape index (κ1) is 14.2. The molecule has 0 aliphatic rings. The lowest BCUT2D eigenvalue weighted by molar-refractivity contribution is -0.117. The maximum atomic E-state index is 11.7. The van der Waals surface area contributed by atoms with Gasteiger partial charge < -0.3 is 16.2 Å². The Balaban J connectivity index is 2.77. The number of rotatable bonds is 5. The zero-order valence-electron chi connectivity index (χ0n) is 10.6. The lowest BCUT2D eigenvalue weighted by Gasteiger charge is -2.12. The second-order valence-corrected chi connectivity index (χ2v) is 4.22. The molecule has 1 aromatic carbocycles. The second kappa shape index (κ2) is 6.16. The molecule has 1 aromatic rings. The maximum absolute atomic E-state index is 11.7. The van der Waals surface area contributed by atoms with Gasteiger partial charge in [0.2, 0.25) is 5.91 Å². The average Bonchev–Trinajstić information content (AvgIpc) is 2.28. The van der Waals surface area contributed by atoms with Crippen molar-refractivity contribution >= 4 is 17.6 Å². The highest BCUT2D eigenvalue weighted by Crippen LogP contribution is 2.15. The van der Waals surface area contributed by atoms with Crippen LogP contribution in [0.3, 0.4) is 0 Å². The molecule has 98 valence electrons. The van der Waals surface area contributed by atoms with Crippen LogP contribution in [0.5, 0.6) is 0 Å². The van der Waals surface area contributed by atoms with Crippen molar-refractivity contribution in [2.24, 2.45) is 5.73 Å². The number of anilines is 1. The Bertz CT molecular complexity index is 458. The van der Waals surface area contributed by atoms with Crippen LogP contribution in [0, 0.1) is 6.92 Å². The van der Waals surface area contributed by atoms with Gasteiger partial charge in [0.05, 0.1) is 11.6 Å². The van der Waals surface area contributed by atoms with Gasteiger partial charge in [0, 0.05) is 5.69 Å². The van der Waals surface area contributed by atoms with Crippen LogP contribution in [0.4, 0.5) is 5.69 Å².